The standard InChI is InChI=1S/C24H27N3O3/c1-3-15-25-20-21(23(28)26-17-18-11-7-5-8-12-18)27(16-4-2)24(29)22(20)30-19-13-9-6-10-14-19/h3-14,20-22,25H,1-2,15-17H2,(H,26,28)/t20-,21+,22+/m0/s1. The minimum absolute atomic E-state index is 0.241. The molecule has 0 saturated carbocycles. The lowest BCUT2D eigenvalue weighted by Crippen LogP contribution is -2.54. The highest BCUT2D eigenvalue weighted by molar-refractivity contribution is 5.95. The van der Waals surface area contributed by atoms with Gasteiger partial charge < -0.3 is 20.3 Å². The van der Waals surface area contributed by atoms with E-state index in [1.165, 1.54) is 4.90 Å². The minimum atomic E-state index is -0.834. The highest BCUT2D eigenvalue weighted by Gasteiger charge is 2.52. The Morgan fingerprint density at radius 3 is 2.33 bits per heavy atom. The topological polar surface area (TPSA) is 70.7 Å². The zero-order valence-corrected chi connectivity index (χ0v) is 16.9. The summed E-state index contributed by atoms with van der Waals surface area (Å²) in [5, 5.41) is 6.20. The van der Waals surface area contributed by atoms with Crippen LogP contribution in [0.25, 0.3) is 0 Å². The van der Waals surface area contributed by atoms with Crippen LogP contribution in [0.2, 0.25) is 0 Å². The summed E-state index contributed by atoms with van der Waals surface area (Å²) in [4.78, 5) is 27.8. The average molecular weight is 405 g/mol. The van der Waals surface area contributed by atoms with Crippen molar-refractivity contribution in [2.75, 3.05) is 13.1 Å². The molecule has 6 nitrogen and oxygen atoms in total. The zero-order valence-electron chi connectivity index (χ0n) is 16.9. The summed E-state index contributed by atoms with van der Waals surface area (Å²) in [7, 11) is 0. The first-order chi connectivity index (χ1) is 14.7. The van der Waals surface area contributed by atoms with Gasteiger partial charge in [-0.2, -0.15) is 0 Å². The van der Waals surface area contributed by atoms with E-state index in [0.29, 0.717) is 18.8 Å². The number of rotatable bonds is 10. The van der Waals surface area contributed by atoms with Crippen molar-refractivity contribution in [1.82, 2.24) is 15.5 Å². The van der Waals surface area contributed by atoms with E-state index in [-0.39, 0.29) is 18.4 Å². The van der Waals surface area contributed by atoms with Crippen LogP contribution in [0.5, 0.6) is 5.75 Å². The molecule has 1 saturated heterocycles. The highest BCUT2D eigenvalue weighted by atomic mass is 16.5. The Bertz CT molecular complexity index is 870. The molecule has 1 fully saturated rings. The number of hydrogen-bond acceptors (Lipinski definition) is 4. The van der Waals surface area contributed by atoms with E-state index in [9.17, 15) is 9.59 Å². The van der Waals surface area contributed by atoms with Crippen molar-refractivity contribution in [1.29, 1.82) is 0 Å². The van der Waals surface area contributed by atoms with Crippen molar-refractivity contribution in [2.45, 2.75) is 24.7 Å². The highest BCUT2D eigenvalue weighted by Crippen LogP contribution is 2.25. The van der Waals surface area contributed by atoms with Crippen molar-refractivity contribution in [3.8, 4) is 5.75 Å². The van der Waals surface area contributed by atoms with Crippen LogP contribution in [-0.2, 0) is 16.1 Å². The smallest absolute Gasteiger partial charge is 0.266 e. The predicted octanol–water partition coefficient (Wildman–Crippen LogP) is 2.29. The minimum Gasteiger partial charge on any atom is -0.479 e. The van der Waals surface area contributed by atoms with Gasteiger partial charge in [-0.05, 0) is 17.7 Å². The molecule has 0 unspecified atom stereocenters. The maximum Gasteiger partial charge on any atom is 0.266 e. The molecule has 0 aliphatic carbocycles. The average Bonchev–Trinajstić information content (AvgIpc) is 3.03. The van der Waals surface area contributed by atoms with Crippen molar-refractivity contribution >= 4 is 11.8 Å². The Morgan fingerprint density at radius 1 is 1.03 bits per heavy atom. The quantitative estimate of drug-likeness (QED) is 0.595. The summed E-state index contributed by atoms with van der Waals surface area (Å²) < 4.78 is 6.01. The molecule has 2 aromatic rings. The van der Waals surface area contributed by atoms with Crippen LogP contribution in [0.15, 0.2) is 86.0 Å². The van der Waals surface area contributed by atoms with Gasteiger partial charge in [0, 0.05) is 19.6 Å². The Kier molecular flexibility index (Phi) is 7.40. The lowest BCUT2D eigenvalue weighted by atomic mass is 10.1. The number of carbonyl (C=O) groups is 2. The predicted molar refractivity (Wildman–Crippen MR) is 117 cm³/mol. The number of ether oxygens (including phenoxy) is 1. The number of benzene rings is 2. The molecule has 0 bridgehead atoms. The second kappa shape index (κ2) is 10.4. The molecule has 2 N–H and O–H groups in total. The number of amides is 2. The van der Waals surface area contributed by atoms with Gasteiger partial charge in [0.25, 0.3) is 5.91 Å². The molecule has 6 heteroatoms. The fourth-order valence-electron chi connectivity index (χ4n) is 3.56. The van der Waals surface area contributed by atoms with Crippen LogP contribution in [0, 0.1) is 0 Å². The fraction of sp³-hybridized carbons (Fsp3) is 0.250. The molecule has 1 aliphatic rings. The van der Waals surface area contributed by atoms with E-state index in [4.69, 9.17) is 4.74 Å². The molecule has 2 amide bonds. The maximum atomic E-state index is 13.2. The van der Waals surface area contributed by atoms with Gasteiger partial charge in [-0.25, -0.2) is 0 Å². The van der Waals surface area contributed by atoms with Crippen molar-refractivity contribution in [3.63, 3.8) is 0 Å². The molecule has 2 aromatic carbocycles. The molecule has 0 radical (unpaired) electrons. The Hall–Kier alpha value is -3.38. The van der Waals surface area contributed by atoms with Gasteiger partial charge in [-0.15, -0.1) is 13.2 Å². The first-order valence-corrected chi connectivity index (χ1v) is 9.94. The van der Waals surface area contributed by atoms with Crippen LogP contribution in [-0.4, -0.2) is 48.0 Å². The number of carbonyl (C=O) groups excluding carboxylic acids is 2. The molecule has 0 aromatic heterocycles. The Morgan fingerprint density at radius 2 is 1.70 bits per heavy atom. The second-order valence-corrected chi connectivity index (χ2v) is 7.00. The number of para-hydroxylation sites is 1. The van der Waals surface area contributed by atoms with E-state index in [1.54, 1.807) is 24.3 Å². The maximum absolute atomic E-state index is 13.2. The summed E-state index contributed by atoms with van der Waals surface area (Å²) in [6.45, 7) is 8.55. The van der Waals surface area contributed by atoms with Crippen molar-refractivity contribution in [3.05, 3.63) is 91.5 Å². The third kappa shape index (κ3) is 4.96. The van der Waals surface area contributed by atoms with Gasteiger partial charge in [-0.1, -0.05) is 60.7 Å². The molecule has 3 atom stereocenters. The first-order valence-electron chi connectivity index (χ1n) is 9.94. The second-order valence-electron chi connectivity index (χ2n) is 7.00. The summed E-state index contributed by atoms with van der Waals surface area (Å²) in [6.07, 6.45) is 2.48. The van der Waals surface area contributed by atoms with E-state index >= 15 is 0 Å². The molecule has 30 heavy (non-hydrogen) atoms. The number of nitrogens with one attached hydrogen (secondary N) is 2. The molecule has 0 spiro atoms. The Balaban J connectivity index is 1.83. The molecular weight excluding hydrogens is 378 g/mol. The first kappa shape index (κ1) is 21.3. The van der Waals surface area contributed by atoms with Gasteiger partial charge in [0.1, 0.15) is 11.8 Å². The SMILES string of the molecule is C=CCN[C@@H]1[C@@H](Oc2ccccc2)C(=O)N(CC=C)[C@H]1C(=O)NCc1ccccc1. The van der Waals surface area contributed by atoms with Crippen LogP contribution in [0.1, 0.15) is 5.56 Å². The summed E-state index contributed by atoms with van der Waals surface area (Å²) in [5.41, 5.74) is 0.984. The van der Waals surface area contributed by atoms with Crippen LogP contribution in [0.3, 0.4) is 0 Å². The molecule has 156 valence electrons. The van der Waals surface area contributed by atoms with Crippen molar-refractivity contribution in [2.24, 2.45) is 0 Å². The largest absolute Gasteiger partial charge is 0.479 e. The van der Waals surface area contributed by atoms with Gasteiger partial charge >= 0.3 is 0 Å². The van der Waals surface area contributed by atoms with Gasteiger partial charge in [0.15, 0.2) is 6.10 Å². The van der Waals surface area contributed by atoms with Crippen molar-refractivity contribution < 1.29 is 14.3 Å². The number of nitrogens with zero attached hydrogens (tertiary/aromatic N) is 1. The van der Waals surface area contributed by atoms with Gasteiger partial charge in [-0.3, -0.25) is 9.59 Å². The van der Waals surface area contributed by atoms with E-state index in [1.807, 2.05) is 48.5 Å². The summed E-state index contributed by atoms with van der Waals surface area (Å²) >= 11 is 0. The van der Waals surface area contributed by atoms with Crippen LogP contribution in [0.4, 0.5) is 0 Å². The molecular formula is C24H27N3O3. The third-order valence-corrected chi connectivity index (χ3v) is 4.94. The van der Waals surface area contributed by atoms with E-state index in [2.05, 4.69) is 23.8 Å². The van der Waals surface area contributed by atoms with Gasteiger partial charge in [0.2, 0.25) is 5.91 Å². The molecule has 1 heterocycles. The van der Waals surface area contributed by atoms with E-state index < -0.39 is 18.2 Å². The zero-order chi connectivity index (χ0) is 21.3. The van der Waals surface area contributed by atoms with Crippen LogP contribution < -0.4 is 15.4 Å². The molecule has 1 aliphatic heterocycles. The third-order valence-electron chi connectivity index (χ3n) is 4.94. The normalized spacial score (nSPS) is 20.6. The number of likely N-dealkylation sites (tertiary alicyclic amines) is 1. The van der Waals surface area contributed by atoms with E-state index in [0.717, 1.165) is 5.56 Å². The van der Waals surface area contributed by atoms with Gasteiger partial charge in [0.05, 0.1) is 6.04 Å². The molecule has 3 rings (SSSR count). The monoisotopic (exact) mass is 405 g/mol. The number of hydrogen-bond donors (Lipinski definition) is 2. The fourth-order valence-corrected chi connectivity index (χ4v) is 3.56. The lowest BCUT2D eigenvalue weighted by molar-refractivity contribution is -0.137. The summed E-state index contributed by atoms with van der Waals surface area (Å²) in [5.74, 6) is 0.0834. The Labute approximate surface area is 177 Å². The van der Waals surface area contributed by atoms with Crippen LogP contribution >= 0.6 is 0 Å². The lowest BCUT2D eigenvalue weighted by Gasteiger charge is -2.27. The summed E-state index contributed by atoms with van der Waals surface area (Å²) in [6, 6.07) is 17.5.